The molecule has 0 unspecified atom stereocenters. The molecular weight excluding hydrogens is 224 g/mol. The number of hydrogen-bond donors (Lipinski definition) is 2. The molecule has 96 valence electrons. The van der Waals surface area contributed by atoms with Crippen LogP contribution in [0.4, 0.5) is 0 Å². The number of rotatable bonds is 7. The number of benzene rings is 1. The van der Waals surface area contributed by atoms with E-state index in [0.717, 1.165) is 32.6 Å². The SMILES string of the molecule is NCCCNCc1cnn(Cc2ccccc2)c1. The van der Waals surface area contributed by atoms with E-state index in [1.807, 2.05) is 29.1 Å². The number of nitrogens with zero attached hydrogens (tertiary/aromatic N) is 2. The average molecular weight is 244 g/mol. The lowest BCUT2D eigenvalue weighted by atomic mass is 10.2. The molecular formula is C14H20N4. The summed E-state index contributed by atoms with van der Waals surface area (Å²) in [5.41, 5.74) is 7.92. The van der Waals surface area contributed by atoms with Crippen LogP contribution in [0.5, 0.6) is 0 Å². The highest BCUT2D eigenvalue weighted by Gasteiger charge is 1.99. The molecule has 1 aromatic carbocycles. The predicted molar refractivity (Wildman–Crippen MR) is 73.1 cm³/mol. The lowest BCUT2D eigenvalue weighted by Gasteiger charge is -2.02. The summed E-state index contributed by atoms with van der Waals surface area (Å²) in [6, 6.07) is 10.4. The van der Waals surface area contributed by atoms with Crippen LogP contribution in [0.15, 0.2) is 42.7 Å². The van der Waals surface area contributed by atoms with Crippen molar-refractivity contribution >= 4 is 0 Å². The van der Waals surface area contributed by atoms with Crippen LogP contribution in [-0.2, 0) is 13.1 Å². The summed E-state index contributed by atoms with van der Waals surface area (Å²) < 4.78 is 1.97. The molecule has 2 rings (SSSR count). The Hall–Kier alpha value is -1.65. The van der Waals surface area contributed by atoms with Gasteiger partial charge in [-0.3, -0.25) is 4.68 Å². The number of nitrogens with two attached hydrogens (primary N) is 1. The minimum Gasteiger partial charge on any atom is -0.330 e. The molecule has 1 aromatic heterocycles. The van der Waals surface area contributed by atoms with E-state index in [-0.39, 0.29) is 0 Å². The fourth-order valence-electron chi connectivity index (χ4n) is 1.81. The third-order valence-electron chi connectivity index (χ3n) is 2.76. The maximum Gasteiger partial charge on any atom is 0.0659 e. The molecule has 2 aromatic rings. The van der Waals surface area contributed by atoms with Crippen LogP contribution in [0, 0.1) is 0 Å². The molecule has 0 amide bonds. The fourth-order valence-corrected chi connectivity index (χ4v) is 1.81. The summed E-state index contributed by atoms with van der Waals surface area (Å²) in [6.07, 6.45) is 5.01. The zero-order chi connectivity index (χ0) is 12.6. The second-order valence-electron chi connectivity index (χ2n) is 4.35. The molecule has 0 fully saturated rings. The van der Waals surface area contributed by atoms with Gasteiger partial charge in [0.15, 0.2) is 0 Å². The molecule has 1 heterocycles. The van der Waals surface area contributed by atoms with Gasteiger partial charge in [-0.05, 0) is 25.1 Å². The minimum absolute atomic E-state index is 0.736. The summed E-state index contributed by atoms with van der Waals surface area (Å²) in [5, 5.41) is 7.71. The number of hydrogen-bond acceptors (Lipinski definition) is 3. The summed E-state index contributed by atoms with van der Waals surface area (Å²) in [4.78, 5) is 0. The van der Waals surface area contributed by atoms with Gasteiger partial charge in [0, 0.05) is 18.3 Å². The molecule has 0 aliphatic heterocycles. The molecule has 0 radical (unpaired) electrons. The summed E-state index contributed by atoms with van der Waals surface area (Å²) in [7, 11) is 0. The van der Waals surface area contributed by atoms with Gasteiger partial charge in [0.25, 0.3) is 0 Å². The van der Waals surface area contributed by atoms with Gasteiger partial charge in [-0.1, -0.05) is 30.3 Å². The van der Waals surface area contributed by atoms with Crippen molar-refractivity contribution in [1.29, 1.82) is 0 Å². The molecule has 0 aliphatic carbocycles. The highest BCUT2D eigenvalue weighted by molar-refractivity contribution is 5.15. The van der Waals surface area contributed by atoms with E-state index in [9.17, 15) is 0 Å². The van der Waals surface area contributed by atoms with E-state index in [0.29, 0.717) is 0 Å². The van der Waals surface area contributed by atoms with Crippen molar-refractivity contribution in [2.75, 3.05) is 13.1 Å². The Kier molecular flexibility index (Phi) is 4.93. The van der Waals surface area contributed by atoms with Crippen molar-refractivity contribution in [1.82, 2.24) is 15.1 Å². The van der Waals surface area contributed by atoms with Crippen LogP contribution >= 0.6 is 0 Å². The average Bonchev–Trinajstić information content (AvgIpc) is 2.84. The standard InChI is InChI=1S/C14H20N4/c15-7-4-8-16-9-14-10-17-18(12-14)11-13-5-2-1-3-6-13/h1-3,5-6,10,12,16H,4,7-9,11,15H2. The Morgan fingerprint density at radius 1 is 1.17 bits per heavy atom. The molecule has 0 spiro atoms. The van der Waals surface area contributed by atoms with Gasteiger partial charge in [-0.2, -0.15) is 5.10 Å². The quantitative estimate of drug-likeness (QED) is 0.723. The minimum atomic E-state index is 0.736. The number of aromatic nitrogens is 2. The Bertz CT molecular complexity index is 450. The molecule has 4 heteroatoms. The van der Waals surface area contributed by atoms with Crippen molar-refractivity contribution in [3.8, 4) is 0 Å². The van der Waals surface area contributed by atoms with Gasteiger partial charge >= 0.3 is 0 Å². The molecule has 0 bridgehead atoms. The topological polar surface area (TPSA) is 55.9 Å². The van der Waals surface area contributed by atoms with Gasteiger partial charge in [-0.25, -0.2) is 0 Å². The summed E-state index contributed by atoms with van der Waals surface area (Å²) >= 11 is 0. The smallest absolute Gasteiger partial charge is 0.0659 e. The Balaban J connectivity index is 1.83. The molecule has 3 N–H and O–H groups in total. The highest BCUT2D eigenvalue weighted by Crippen LogP contribution is 2.03. The van der Waals surface area contributed by atoms with E-state index in [4.69, 9.17) is 5.73 Å². The predicted octanol–water partition coefficient (Wildman–Crippen LogP) is 1.37. The lowest BCUT2D eigenvalue weighted by molar-refractivity contribution is 0.652. The zero-order valence-electron chi connectivity index (χ0n) is 10.5. The summed E-state index contributed by atoms with van der Waals surface area (Å²) in [5.74, 6) is 0. The number of nitrogens with one attached hydrogen (secondary N) is 1. The van der Waals surface area contributed by atoms with Gasteiger partial charge in [-0.15, -0.1) is 0 Å². The first-order valence-electron chi connectivity index (χ1n) is 6.34. The molecule has 0 atom stereocenters. The van der Waals surface area contributed by atoms with Crippen molar-refractivity contribution < 1.29 is 0 Å². The fraction of sp³-hybridized carbons (Fsp3) is 0.357. The molecule has 0 saturated heterocycles. The van der Waals surface area contributed by atoms with Crippen LogP contribution in [0.2, 0.25) is 0 Å². The van der Waals surface area contributed by atoms with E-state index >= 15 is 0 Å². The van der Waals surface area contributed by atoms with E-state index in [1.165, 1.54) is 11.1 Å². The first kappa shape index (κ1) is 12.8. The van der Waals surface area contributed by atoms with Crippen molar-refractivity contribution in [2.24, 2.45) is 5.73 Å². The van der Waals surface area contributed by atoms with Gasteiger partial charge < -0.3 is 11.1 Å². The van der Waals surface area contributed by atoms with E-state index in [2.05, 4.69) is 28.7 Å². The monoisotopic (exact) mass is 244 g/mol. The van der Waals surface area contributed by atoms with Crippen molar-refractivity contribution in [3.63, 3.8) is 0 Å². The van der Waals surface area contributed by atoms with Crippen LogP contribution < -0.4 is 11.1 Å². The largest absolute Gasteiger partial charge is 0.330 e. The van der Waals surface area contributed by atoms with Crippen LogP contribution in [0.1, 0.15) is 17.5 Å². The molecule has 18 heavy (non-hydrogen) atoms. The van der Waals surface area contributed by atoms with Crippen LogP contribution in [0.3, 0.4) is 0 Å². The second kappa shape index (κ2) is 6.93. The third-order valence-corrected chi connectivity index (χ3v) is 2.76. The highest BCUT2D eigenvalue weighted by atomic mass is 15.3. The maximum atomic E-state index is 5.44. The third kappa shape index (κ3) is 3.98. The van der Waals surface area contributed by atoms with Crippen molar-refractivity contribution in [2.45, 2.75) is 19.5 Å². The lowest BCUT2D eigenvalue weighted by Crippen LogP contribution is -2.17. The Morgan fingerprint density at radius 2 is 2.00 bits per heavy atom. The Morgan fingerprint density at radius 3 is 2.78 bits per heavy atom. The van der Waals surface area contributed by atoms with E-state index < -0.39 is 0 Å². The van der Waals surface area contributed by atoms with Gasteiger partial charge in [0.2, 0.25) is 0 Å². The van der Waals surface area contributed by atoms with Crippen LogP contribution in [-0.4, -0.2) is 22.9 Å². The summed E-state index contributed by atoms with van der Waals surface area (Å²) in [6.45, 7) is 3.37. The van der Waals surface area contributed by atoms with E-state index in [1.54, 1.807) is 0 Å². The van der Waals surface area contributed by atoms with Crippen LogP contribution in [0.25, 0.3) is 0 Å². The first-order chi connectivity index (χ1) is 8.88. The molecule has 4 nitrogen and oxygen atoms in total. The maximum absolute atomic E-state index is 5.44. The molecule has 0 saturated carbocycles. The normalized spacial score (nSPS) is 10.7. The van der Waals surface area contributed by atoms with Gasteiger partial charge in [0.1, 0.15) is 0 Å². The van der Waals surface area contributed by atoms with Crippen molar-refractivity contribution in [3.05, 3.63) is 53.9 Å². The second-order valence-corrected chi connectivity index (χ2v) is 4.35. The first-order valence-corrected chi connectivity index (χ1v) is 6.34. The zero-order valence-corrected chi connectivity index (χ0v) is 10.5. The Labute approximate surface area is 108 Å². The van der Waals surface area contributed by atoms with Gasteiger partial charge in [0.05, 0.1) is 12.7 Å². The molecule has 0 aliphatic rings.